The molecule has 0 saturated carbocycles. The molecule has 1 aromatic carbocycles. The zero-order chi connectivity index (χ0) is 10.4. The number of rotatable bonds is 4. The number of benzene rings is 1. The fourth-order valence-corrected chi connectivity index (χ4v) is 0.842. The topological polar surface area (TPSA) is 101 Å². The van der Waals surface area contributed by atoms with Crippen molar-refractivity contribution in [3.05, 3.63) is 34.7 Å². The van der Waals surface area contributed by atoms with E-state index in [1.54, 1.807) is 18.2 Å². The number of nitrogens with two attached hydrogens (primary N) is 1. The highest BCUT2D eigenvalue weighted by Gasteiger charge is 1.97. The van der Waals surface area contributed by atoms with E-state index in [1.807, 2.05) is 0 Å². The Kier molecular flexibility index (Phi) is 3.34. The van der Waals surface area contributed by atoms with Crippen LogP contribution in [0.3, 0.4) is 0 Å². The highest BCUT2D eigenvalue weighted by atomic mass is 16.5. The maximum Gasteiger partial charge on any atom is 0.255 e. The third-order valence-corrected chi connectivity index (χ3v) is 1.36. The van der Waals surface area contributed by atoms with Crippen LogP contribution in [0.1, 0.15) is 0 Å². The van der Waals surface area contributed by atoms with Gasteiger partial charge >= 0.3 is 0 Å². The Labute approximate surface area is 79.9 Å². The van der Waals surface area contributed by atoms with Gasteiger partial charge in [0.15, 0.2) is 6.61 Å². The molecule has 72 valence electrons. The molecule has 0 aliphatic rings. The summed E-state index contributed by atoms with van der Waals surface area (Å²) in [5.41, 5.74) is 13.5. The Balaban J connectivity index is 2.73. The van der Waals surface area contributed by atoms with E-state index in [0.717, 1.165) is 0 Å². The first-order valence-electron chi connectivity index (χ1n) is 3.78. The second-order valence-corrected chi connectivity index (χ2v) is 2.44. The molecule has 6 heteroatoms. The van der Waals surface area contributed by atoms with Crippen molar-refractivity contribution in [3.8, 4) is 5.75 Å². The first-order chi connectivity index (χ1) is 6.72. The minimum absolute atomic E-state index is 0.195. The summed E-state index contributed by atoms with van der Waals surface area (Å²) in [7, 11) is 0. The smallest absolute Gasteiger partial charge is 0.255 e. The van der Waals surface area contributed by atoms with Crippen molar-refractivity contribution in [1.82, 2.24) is 0 Å². The first-order valence-corrected chi connectivity index (χ1v) is 3.78. The third-order valence-electron chi connectivity index (χ3n) is 1.36. The van der Waals surface area contributed by atoms with Gasteiger partial charge in [-0.05, 0) is 17.7 Å². The molecular formula is C8H8N4O2. The largest absolute Gasteiger partial charge is 0.484 e. The van der Waals surface area contributed by atoms with Gasteiger partial charge in [0.1, 0.15) is 5.75 Å². The number of hydrogen-bond acceptors (Lipinski definition) is 3. The molecule has 0 aliphatic heterocycles. The highest BCUT2D eigenvalue weighted by Crippen LogP contribution is 2.19. The fourth-order valence-electron chi connectivity index (χ4n) is 0.842. The van der Waals surface area contributed by atoms with E-state index < -0.39 is 5.91 Å². The zero-order valence-corrected chi connectivity index (χ0v) is 7.25. The zero-order valence-electron chi connectivity index (χ0n) is 7.25. The van der Waals surface area contributed by atoms with E-state index in [-0.39, 0.29) is 6.61 Å². The van der Waals surface area contributed by atoms with Gasteiger partial charge in [-0.1, -0.05) is 17.2 Å². The van der Waals surface area contributed by atoms with Crippen LogP contribution in [0.2, 0.25) is 0 Å². The van der Waals surface area contributed by atoms with Gasteiger partial charge in [-0.3, -0.25) is 4.79 Å². The number of amides is 1. The van der Waals surface area contributed by atoms with Crippen molar-refractivity contribution < 1.29 is 9.53 Å². The Morgan fingerprint density at radius 1 is 1.64 bits per heavy atom. The van der Waals surface area contributed by atoms with Gasteiger partial charge in [0.05, 0.1) is 0 Å². The molecule has 6 nitrogen and oxygen atoms in total. The number of primary amides is 1. The monoisotopic (exact) mass is 192 g/mol. The number of nitrogens with zero attached hydrogens (tertiary/aromatic N) is 3. The number of carbonyl (C=O) groups excluding carboxylic acids is 1. The quantitative estimate of drug-likeness (QED) is 0.443. The Hall–Kier alpha value is -2.20. The molecule has 0 atom stereocenters. The van der Waals surface area contributed by atoms with Crippen LogP contribution in [0.4, 0.5) is 5.69 Å². The van der Waals surface area contributed by atoms with Crippen LogP contribution in [0, 0.1) is 0 Å². The molecular weight excluding hydrogens is 184 g/mol. The molecule has 0 saturated heterocycles. The van der Waals surface area contributed by atoms with Crippen molar-refractivity contribution in [3.63, 3.8) is 0 Å². The van der Waals surface area contributed by atoms with Gasteiger partial charge in [0.2, 0.25) is 0 Å². The maximum absolute atomic E-state index is 10.4. The van der Waals surface area contributed by atoms with Gasteiger partial charge in [-0.2, -0.15) is 0 Å². The normalized spacial score (nSPS) is 8.86. The van der Waals surface area contributed by atoms with Crippen LogP contribution < -0.4 is 10.5 Å². The number of hydrogen-bond donors (Lipinski definition) is 1. The Morgan fingerprint density at radius 3 is 3.07 bits per heavy atom. The van der Waals surface area contributed by atoms with Crippen molar-refractivity contribution in [2.24, 2.45) is 10.8 Å². The average Bonchev–Trinajstić information content (AvgIpc) is 2.16. The minimum atomic E-state index is -0.556. The van der Waals surface area contributed by atoms with Crippen molar-refractivity contribution in [2.75, 3.05) is 6.61 Å². The van der Waals surface area contributed by atoms with E-state index in [9.17, 15) is 4.79 Å². The molecule has 0 spiro atoms. The molecule has 1 rings (SSSR count). The van der Waals surface area contributed by atoms with Gasteiger partial charge in [0.25, 0.3) is 5.91 Å². The molecule has 0 bridgehead atoms. The predicted molar refractivity (Wildman–Crippen MR) is 49.9 cm³/mol. The molecule has 0 heterocycles. The van der Waals surface area contributed by atoms with E-state index in [0.29, 0.717) is 11.4 Å². The molecule has 0 radical (unpaired) electrons. The summed E-state index contributed by atoms with van der Waals surface area (Å²) in [5, 5.41) is 3.38. The molecule has 1 aromatic rings. The molecule has 0 aromatic heterocycles. The number of carbonyl (C=O) groups is 1. The Bertz CT molecular complexity index is 385. The van der Waals surface area contributed by atoms with Crippen LogP contribution >= 0.6 is 0 Å². The number of ether oxygens (including phenoxy) is 1. The third kappa shape index (κ3) is 3.04. The van der Waals surface area contributed by atoms with Crippen molar-refractivity contribution in [2.45, 2.75) is 0 Å². The fraction of sp³-hybridized carbons (Fsp3) is 0.125. The molecule has 0 aliphatic carbocycles. The van der Waals surface area contributed by atoms with Gasteiger partial charge in [-0.25, -0.2) is 0 Å². The van der Waals surface area contributed by atoms with E-state index >= 15 is 0 Å². The maximum atomic E-state index is 10.4. The molecule has 1 amide bonds. The van der Waals surface area contributed by atoms with E-state index in [2.05, 4.69) is 10.0 Å². The standard InChI is InChI=1S/C8H8N4O2/c9-8(13)5-14-7-3-1-2-6(4-7)11-12-10/h1-4H,5H2,(H2,9,13). The van der Waals surface area contributed by atoms with Crippen LogP contribution in [0.5, 0.6) is 5.75 Å². The van der Waals surface area contributed by atoms with E-state index in [1.165, 1.54) is 6.07 Å². The summed E-state index contributed by atoms with van der Waals surface area (Å²) >= 11 is 0. The van der Waals surface area contributed by atoms with Crippen molar-refractivity contribution in [1.29, 1.82) is 0 Å². The average molecular weight is 192 g/mol. The number of azide groups is 1. The molecule has 0 fully saturated rings. The minimum Gasteiger partial charge on any atom is -0.484 e. The summed E-state index contributed by atoms with van der Waals surface area (Å²) in [5.74, 6) is -0.118. The predicted octanol–water partition coefficient (Wildman–Crippen LogP) is 1.49. The van der Waals surface area contributed by atoms with Crippen LogP contribution in [0.25, 0.3) is 10.4 Å². The Morgan fingerprint density at radius 2 is 2.43 bits per heavy atom. The highest BCUT2D eigenvalue weighted by molar-refractivity contribution is 5.75. The second kappa shape index (κ2) is 4.74. The lowest BCUT2D eigenvalue weighted by atomic mass is 10.3. The van der Waals surface area contributed by atoms with Gasteiger partial charge in [-0.15, -0.1) is 0 Å². The van der Waals surface area contributed by atoms with Gasteiger partial charge < -0.3 is 10.5 Å². The van der Waals surface area contributed by atoms with Crippen LogP contribution in [-0.2, 0) is 4.79 Å². The summed E-state index contributed by atoms with van der Waals surface area (Å²) in [6.07, 6.45) is 0. The van der Waals surface area contributed by atoms with Gasteiger partial charge in [0, 0.05) is 10.6 Å². The lowest BCUT2D eigenvalue weighted by Crippen LogP contribution is -2.19. The van der Waals surface area contributed by atoms with Crippen LogP contribution in [0.15, 0.2) is 29.4 Å². The lowest BCUT2D eigenvalue weighted by Gasteiger charge is -2.03. The molecule has 0 unspecified atom stereocenters. The summed E-state index contributed by atoms with van der Waals surface area (Å²) in [6.45, 7) is -0.195. The lowest BCUT2D eigenvalue weighted by molar-refractivity contribution is -0.119. The van der Waals surface area contributed by atoms with Crippen molar-refractivity contribution >= 4 is 11.6 Å². The van der Waals surface area contributed by atoms with Crippen LogP contribution in [-0.4, -0.2) is 12.5 Å². The molecule has 14 heavy (non-hydrogen) atoms. The summed E-state index contributed by atoms with van der Waals surface area (Å²) < 4.78 is 5.00. The first kappa shape index (κ1) is 9.88. The molecule has 2 N–H and O–H groups in total. The SMILES string of the molecule is [N-]=[N+]=Nc1cccc(OCC(N)=O)c1. The second-order valence-electron chi connectivity index (χ2n) is 2.44. The summed E-state index contributed by atoms with van der Waals surface area (Å²) in [4.78, 5) is 13.0. The van der Waals surface area contributed by atoms with E-state index in [4.69, 9.17) is 16.0 Å². The summed E-state index contributed by atoms with van der Waals surface area (Å²) in [6, 6.07) is 6.43.